The first-order chi connectivity index (χ1) is 22.6. The smallest absolute Gasteiger partial charge is 0.135 e. The van der Waals surface area contributed by atoms with Gasteiger partial charge in [0.15, 0.2) is 0 Å². The molecule has 0 saturated heterocycles. The second-order valence-corrected chi connectivity index (χ2v) is 13.0. The average Bonchev–Trinajstić information content (AvgIpc) is 3.48. The first-order valence-electron chi connectivity index (χ1n) is 16.6. The number of para-hydroxylation sites is 2. The Morgan fingerprint density at radius 3 is 2.02 bits per heavy atom. The Kier molecular flexibility index (Phi) is 7.42. The lowest BCUT2D eigenvalue weighted by molar-refractivity contribution is 0.257. The Labute approximate surface area is 273 Å². The summed E-state index contributed by atoms with van der Waals surface area (Å²) in [5.74, 6) is 2.58. The van der Waals surface area contributed by atoms with Crippen LogP contribution >= 0.6 is 0 Å². The summed E-state index contributed by atoms with van der Waals surface area (Å²) in [6.07, 6.45) is 22.1. The summed E-state index contributed by atoms with van der Waals surface area (Å²) in [6.45, 7) is 4.61. The number of anilines is 3. The third-order valence-electron chi connectivity index (χ3n) is 9.88. The van der Waals surface area contributed by atoms with Gasteiger partial charge in [0, 0.05) is 40.0 Å². The normalized spacial score (nSPS) is 24.3. The maximum atomic E-state index is 6.78. The monoisotopic (exact) mass is 597 g/mol. The highest BCUT2D eigenvalue weighted by Crippen LogP contribution is 2.49. The Bertz CT molecular complexity index is 1880. The van der Waals surface area contributed by atoms with Crippen LogP contribution in [-0.2, 0) is 0 Å². The van der Waals surface area contributed by atoms with Crippen molar-refractivity contribution in [1.29, 1.82) is 0 Å². The van der Waals surface area contributed by atoms with Crippen molar-refractivity contribution < 1.29 is 4.74 Å². The molecule has 4 aromatic carbocycles. The van der Waals surface area contributed by atoms with Gasteiger partial charge in [0.05, 0.1) is 0 Å². The van der Waals surface area contributed by atoms with Gasteiger partial charge < -0.3 is 9.64 Å². The zero-order valence-corrected chi connectivity index (χ0v) is 26.5. The maximum absolute atomic E-state index is 6.78. The molecular weight excluding hydrogens is 558 g/mol. The SMILES string of the molecule is CC1C=CC(C2=CC(C3C=CC=CC3C)=CC3c4cc(-c5ccc(N(c6ccccc6)c6ccccc6)cc5)ccc4OC23)=CC1. The largest absolute Gasteiger partial charge is 0.484 e. The molecule has 2 heteroatoms. The summed E-state index contributed by atoms with van der Waals surface area (Å²) in [7, 11) is 0. The van der Waals surface area contributed by atoms with Gasteiger partial charge in [0.25, 0.3) is 0 Å². The molecule has 0 bridgehead atoms. The van der Waals surface area contributed by atoms with Gasteiger partial charge in [-0.15, -0.1) is 0 Å². The van der Waals surface area contributed by atoms with E-state index in [2.05, 4.69) is 177 Å². The van der Waals surface area contributed by atoms with Crippen LogP contribution in [0.1, 0.15) is 31.7 Å². The molecule has 2 nitrogen and oxygen atoms in total. The molecule has 0 radical (unpaired) electrons. The average molecular weight is 598 g/mol. The zero-order chi connectivity index (χ0) is 31.0. The number of ether oxygens (including phenoxy) is 1. The Morgan fingerprint density at radius 2 is 1.35 bits per heavy atom. The molecule has 0 spiro atoms. The van der Waals surface area contributed by atoms with Crippen LogP contribution in [0.15, 0.2) is 175 Å². The highest BCUT2D eigenvalue weighted by Gasteiger charge is 2.40. The van der Waals surface area contributed by atoms with Gasteiger partial charge in [-0.3, -0.25) is 0 Å². The molecule has 0 saturated carbocycles. The van der Waals surface area contributed by atoms with Gasteiger partial charge in [-0.1, -0.05) is 123 Å². The van der Waals surface area contributed by atoms with Crippen LogP contribution in [0.5, 0.6) is 5.75 Å². The molecule has 1 aliphatic heterocycles. The van der Waals surface area contributed by atoms with E-state index in [1.807, 2.05) is 0 Å². The lowest BCUT2D eigenvalue weighted by Gasteiger charge is -2.31. The van der Waals surface area contributed by atoms with Gasteiger partial charge in [0.1, 0.15) is 11.9 Å². The minimum Gasteiger partial charge on any atom is -0.484 e. The molecule has 8 rings (SSSR count). The summed E-state index contributed by atoms with van der Waals surface area (Å²) in [5, 5.41) is 0. The van der Waals surface area contributed by atoms with Crippen molar-refractivity contribution in [2.24, 2.45) is 17.8 Å². The second-order valence-electron chi connectivity index (χ2n) is 13.0. The minimum absolute atomic E-state index is 0.00981. The number of rotatable bonds is 6. The molecule has 4 aliphatic rings. The molecule has 3 aliphatic carbocycles. The van der Waals surface area contributed by atoms with E-state index in [0.29, 0.717) is 17.8 Å². The molecule has 0 N–H and O–H groups in total. The van der Waals surface area contributed by atoms with Crippen molar-refractivity contribution in [2.45, 2.75) is 32.3 Å². The summed E-state index contributed by atoms with van der Waals surface area (Å²) in [5.41, 5.74) is 11.1. The highest BCUT2D eigenvalue weighted by atomic mass is 16.5. The van der Waals surface area contributed by atoms with Crippen molar-refractivity contribution in [2.75, 3.05) is 4.90 Å². The fourth-order valence-electron chi connectivity index (χ4n) is 7.35. The number of nitrogens with zero attached hydrogens (tertiary/aromatic N) is 1. The Morgan fingerprint density at radius 1 is 0.674 bits per heavy atom. The molecule has 5 unspecified atom stereocenters. The molecule has 1 heterocycles. The van der Waals surface area contributed by atoms with Gasteiger partial charge in [-0.05, 0) is 89.1 Å². The fourth-order valence-corrected chi connectivity index (χ4v) is 7.35. The van der Waals surface area contributed by atoms with E-state index in [9.17, 15) is 0 Å². The summed E-state index contributed by atoms with van der Waals surface area (Å²) >= 11 is 0. The van der Waals surface area contributed by atoms with Crippen LogP contribution < -0.4 is 9.64 Å². The quantitative estimate of drug-likeness (QED) is 0.219. The zero-order valence-electron chi connectivity index (χ0n) is 26.5. The van der Waals surface area contributed by atoms with E-state index >= 15 is 0 Å². The number of fused-ring (bicyclic) bond motifs is 3. The lowest BCUT2D eigenvalue weighted by atomic mass is 9.74. The van der Waals surface area contributed by atoms with Gasteiger partial charge >= 0.3 is 0 Å². The Balaban J connectivity index is 1.14. The van der Waals surface area contributed by atoms with E-state index in [0.717, 1.165) is 29.2 Å². The van der Waals surface area contributed by atoms with Crippen molar-refractivity contribution in [1.82, 2.24) is 0 Å². The topological polar surface area (TPSA) is 12.5 Å². The number of hydrogen-bond donors (Lipinski definition) is 0. The van der Waals surface area contributed by atoms with E-state index in [1.165, 1.54) is 33.4 Å². The van der Waals surface area contributed by atoms with Crippen LogP contribution in [0.2, 0.25) is 0 Å². The molecule has 0 aromatic heterocycles. The number of benzene rings is 4. The van der Waals surface area contributed by atoms with E-state index in [4.69, 9.17) is 4.74 Å². The first-order valence-corrected chi connectivity index (χ1v) is 16.6. The first kappa shape index (κ1) is 28.4. The third-order valence-corrected chi connectivity index (χ3v) is 9.88. The maximum Gasteiger partial charge on any atom is 0.135 e. The summed E-state index contributed by atoms with van der Waals surface area (Å²) < 4.78 is 6.78. The van der Waals surface area contributed by atoms with E-state index in [-0.39, 0.29) is 12.0 Å². The van der Waals surface area contributed by atoms with E-state index in [1.54, 1.807) is 0 Å². The van der Waals surface area contributed by atoms with Crippen molar-refractivity contribution in [3.8, 4) is 16.9 Å². The van der Waals surface area contributed by atoms with Crippen molar-refractivity contribution in [3.63, 3.8) is 0 Å². The van der Waals surface area contributed by atoms with Crippen molar-refractivity contribution in [3.05, 3.63) is 180 Å². The molecule has 226 valence electrons. The predicted octanol–water partition coefficient (Wildman–Crippen LogP) is 11.4. The number of allylic oxidation sites excluding steroid dienone is 9. The minimum atomic E-state index is -0.00981. The van der Waals surface area contributed by atoms with Gasteiger partial charge in [0.2, 0.25) is 0 Å². The standard InChI is InChI=1S/C44H39NO/c1-30-17-19-33(20-18-30)40-28-35(39-16-10-9-11-31(39)2)29-42-41-27-34(23-26-43(41)46-44(40)42)32-21-24-38(25-22-32)45(36-12-5-3-6-13-36)37-14-7-4-8-15-37/h3-17,19-31,39,42,44H,18H2,1-2H3. The molecular formula is C44H39NO. The molecule has 5 atom stereocenters. The lowest BCUT2D eigenvalue weighted by Crippen LogP contribution is -2.27. The number of hydrogen-bond acceptors (Lipinski definition) is 2. The van der Waals surface area contributed by atoms with Gasteiger partial charge in [-0.25, -0.2) is 0 Å². The van der Waals surface area contributed by atoms with Gasteiger partial charge in [-0.2, -0.15) is 0 Å². The third kappa shape index (κ3) is 5.28. The van der Waals surface area contributed by atoms with Crippen LogP contribution in [0.3, 0.4) is 0 Å². The molecule has 4 aromatic rings. The Hall–Kier alpha value is -5.08. The second kappa shape index (κ2) is 12.0. The van der Waals surface area contributed by atoms with Crippen LogP contribution in [-0.4, -0.2) is 6.10 Å². The summed E-state index contributed by atoms with van der Waals surface area (Å²) in [6, 6.07) is 36.8. The summed E-state index contributed by atoms with van der Waals surface area (Å²) in [4.78, 5) is 2.30. The predicted molar refractivity (Wildman–Crippen MR) is 192 cm³/mol. The van der Waals surface area contributed by atoms with Crippen LogP contribution in [0.25, 0.3) is 11.1 Å². The van der Waals surface area contributed by atoms with Crippen LogP contribution in [0, 0.1) is 17.8 Å². The molecule has 0 fully saturated rings. The van der Waals surface area contributed by atoms with Crippen molar-refractivity contribution >= 4 is 17.1 Å². The molecule has 0 amide bonds. The van der Waals surface area contributed by atoms with Crippen LogP contribution in [0.4, 0.5) is 17.1 Å². The molecule has 46 heavy (non-hydrogen) atoms. The highest BCUT2D eigenvalue weighted by molar-refractivity contribution is 5.78. The van der Waals surface area contributed by atoms with E-state index < -0.39 is 0 Å². The fraction of sp³-hybridized carbons (Fsp3) is 0.182.